The molecule has 0 saturated heterocycles. The number of carbonyl (C=O) groups excluding carboxylic acids is 2. The molecule has 166 valence electrons. The monoisotopic (exact) mass is 384 g/mol. The standard InChI is InChI=1S/C15H28O5.6CH4/c1-5-7-9-20-14(18)15(4,6-2)11-12(3)13(17)19-10-8-16;;;;;;/h12,16H,5-11H2,1-4H3;6*1H4. The SMILES string of the molecule is C.C.C.C.C.C.CCCCOC(=O)C(C)(CC)CC(C)C(=O)OCCO. The van der Waals surface area contributed by atoms with E-state index in [4.69, 9.17) is 14.6 Å². The van der Waals surface area contributed by atoms with Gasteiger partial charge in [0.1, 0.15) is 6.61 Å². The highest BCUT2D eigenvalue weighted by Gasteiger charge is 2.36. The topological polar surface area (TPSA) is 72.8 Å². The average molecular weight is 385 g/mol. The summed E-state index contributed by atoms with van der Waals surface area (Å²) in [7, 11) is 0. The third-order valence-electron chi connectivity index (χ3n) is 3.50. The summed E-state index contributed by atoms with van der Waals surface area (Å²) in [4.78, 5) is 23.8. The second-order valence-corrected chi connectivity index (χ2v) is 5.40. The highest BCUT2D eigenvalue weighted by molar-refractivity contribution is 5.78. The number of hydrogen-bond acceptors (Lipinski definition) is 5. The lowest BCUT2D eigenvalue weighted by atomic mass is 9.79. The molecule has 0 aromatic heterocycles. The van der Waals surface area contributed by atoms with Gasteiger partial charge in [-0.2, -0.15) is 0 Å². The minimum atomic E-state index is -0.675. The van der Waals surface area contributed by atoms with Crippen LogP contribution in [0.4, 0.5) is 0 Å². The smallest absolute Gasteiger partial charge is 0.311 e. The van der Waals surface area contributed by atoms with Gasteiger partial charge in [-0.25, -0.2) is 0 Å². The Bertz CT molecular complexity index is 305. The van der Waals surface area contributed by atoms with Crippen molar-refractivity contribution in [3.8, 4) is 0 Å². The van der Waals surface area contributed by atoms with Crippen molar-refractivity contribution >= 4 is 11.9 Å². The van der Waals surface area contributed by atoms with Crippen molar-refractivity contribution in [1.29, 1.82) is 0 Å². The van der Waals surface area contributed by atoms with Crippen molar-refractivity contribution in [2.45, 2.75) is 97.9 Å². The van der Waals surface area contributed by atoms with Crippen LogP contribution >= 0.6 is 0 Å². The Hall–Kier alpha value is -1.10. The van der Waals surface area contributed by atoms with E-state index >= 15 is 0 Å². The Morgan fingerprint density at radius 2 is 1.46 bits per heavy atom. The van der Waals surface area contributed by atoms with E-state index < -0.39 is 11.3 Å². The van der Waals surface area contributed by atoms with Crippen LogP contribution in [0.3, 0.4) is 0 Å². The summed E-state index contributed by atoms with van der Waals surface area (Å²) in [5, 5.41) is 8.63. The Labute approximate surface area is 165 Å². The first-order valence-electron chi connectivity index (χ1n) is 7.36. The minimum absolute atomic E-state index is 0. The number of unbranched alkanes of at least 4 members (excludes halogenated alkanes) is 1. The largest absolute Gasteiger partial charge is 0.465 e. The molecular weight excluding hydrogens is 332 g/mol. The fourth-order valence-corrected chi connectivity index (χ4v) is 1.90. The molecule has 0 spiro atoms. The van der Waals surface area contributed by atoms with Crippen molar-refractivity contribution in [2.24, 2.45) is 11.3 Å². The lowest BCUT2D eigenvalue weighted by Crippen LogP contribution is -2.33. The molecule has 0 saturated carbocycles. The van der Waals surface area contributed by atoms with Crippen LogP contribution in [0.25, 0.3) is 0 Å². The van der Waals surface area contributed by atoms with Crippen LogP contribution in [-0.2, 0) is 19.1 Å². The van der Waals surface area contributed by atoms with E-state index in [2.05, 4.69) is 0 Å². The van der Waals surface area contributed by atoms with E-state index in [1.165, 1.54) is 0 Å². The molecule has 2 atom stereocenters. The molecule has 1 N–H and O–H groups in total. The van der Waals surface area contributed by atoms with Crippen LogP contribution in [0.2, 0.25) is 0 Å². The predicted octanol–water partition coefficient (Wildman–Crippen LogP) is 6.12. The number of esters is 2. The van der Waals surface area contributed by atoms with Gasteiger partial charge in [-0.1, -0.05) is 71.8 Å². The van der Waals surface area contributed by atoms with Crippen molar-refractivity contribution in [3.05, 3.63) is 0 Å². The maximum Gasteiger partial charge on any atom is 0.311 e. The van der Waals surface area contributed by atoms with Crippen LogP contribution in [0.15, 0.2) is 0 Å². The number of ether oxygens (including phenoxy) is 2. The number of hydrogen-bond donors (Lipinski definition) is 1. The second-order valence-electron chi connectivity index (χ2n) is 5.40. The molecule has 0 rings (SSSR count). The molecule has 2 unspecified atom stereocenters. The quantitative estimate of drug-likeness (QED) is 0.362. The second kappa shape index (κ2) is 23.9. The normalized spacial score (nSPS) is 11.7. The summed E-state index contributed by atoms with van der Waals surface area (Å²) < 4.78 is 10.1. The number of carbonyl (C=O) groups is 2. The molecule has 0 aromatic rings. The van der Waals surface area contributed by atoms with E-state index in [1.807, 2.05) is 20.8 Å². The molecule has 0 aliphatic carbocycles. The predicted molar refractivity (Wildman–Crippen MR) is 116 cm³/mol. The van der Waals surface area contributed by atoms with Crippen molar-refractivity contribution < 1.29 is 24.2 Å². The molecule has 0 radical (unpaired) electrons. The van der Waals surface area contributed by atoms with Gasteiger partial charge in [0.2, 0.25) is 0 Å². The van der Waals surface area contributed by atoms with Crippen LogP contribution < -0.4 is 0 Å². The molecule has 0 bridgehead atoms. The fourth-order valence-electron chi connectivity index (χ4n) is 1.90. The van der Waals surface area contributed by atoms with Crippen LogP contribution in [-0.4, -0.2) is 36.9 Å². The molecule has 0 aromatic carbocycles. The van der Waals surface area contributed by atoms with E-state index in [9.17, 15) is 9.59 Å². The van der Waals surface area contributed by atoms with Gasteiger partial charge in [0.15, 0.2) is 0 Å². The maximum atomic E-state index is 12.1. The Kier molecular flexibility index (Phi) is 40.8. The zero-order chi connectivity index (χ0) is 15.6. The van der Waals surface area contributed by atoms with Gasteiger partial charge in [0, 0.05) is 0 Å². The third-order valence-corrected chi connectivity index (χ3v) is 3.50. The molecule has 5 heteroatoms. The molecule has 0 aliphatic rings. The van der Waals surface area contributed by atoms with Gasteiger partial charge >= 0.3 is 11.9 Å². The first-order valence-corrected chi connectivity index (χ1v) is 7.36. The van der Waals surface area contributed by atoms with E-state index in [0.717, 1.165) is 12.8 Å². The highest BCUT2D eigenvalue weighted by atomic mass is 16.5. The summed E-state index contributed by atoms with van der Waals surface area (Å²) in [5.41, 5.74) is -0.675. The summed E-state index contributed by atoms with van der Waals surface area (Å²) in [5.74, 6) is -1.04. The van der Waals surface area contributed by atoms with Gasteiger partial charge in [-0.15, -0.1) is 0 Å². The van der Waals surface area contributed by atoms with Crippen molar-refractivity contribution in [1.82, 2.24) is 0 Å². The first kappa shape index (κ1) is 44.4. The van der Waals surface area contributed by atoms with Crippen LogP contribution in [0.5, 0.6) is 0 Å². The maximum absolute atomic E-state index is 12.1. The van der Waals surface area contributed by atoms with Crippen LogP contribution in [0.1, 0.15) is 97.9 Å². The number of rotatable bonds is 10. The minimum Gasteiger partial charge on any atom is -0.465 e. The van der Waals surface area contributed by atoms with Gasteiger partial charge in [-0.05, 0) is 26.2 Å². The van der Waals surface area contributed by atoms with Gasteiger partial charge in [-0.3, -0.25) is 9.59 Å². The lowest BCUT2D eigenvalue weighted by molar-refractivity contribution is -0.159. The van der Waals surface area contributed by atoms with Gasteiger partial charge in [0.05, 0.1) is 24.5 Å². The number of aliphatic hydroxyl groups excluding tert-OH is 1. The average Bonchev–Trinajstić information content (AvgIpc) is 2.44. The molecule has 26 heavy (non-hydrogen) atoms. The third kappa shape index (κ3) is 16.4. The molecule has 0 heterocycles. The summed E-state index contributed by atoms with van der Waals surface area (Å²) >= 11 is 0. The molecular formula is C21H52O5. The van der Waals surface area contributed by atoms with E-state index in [-0.39, 0.29) is 69.7 Å². The summed E-state index contributed by atoms with van der Waals surface area (Å²) in [6, 6.07) is 0. The van der Waals surface area contributed by atoms with Crippen molar-refractivity contribution in [2.75, 3.05) is 19.8 Å². The zero-order valence-corrected chi connectivity index (χ0v) is 13.1. The van der Waals surface area contributed by atoms with E-state index in [1.54, 1.807) is 6.92 Å². The molecule has 0 fully saturated rings. The molecule has 0 aliphatic heterocycles. The lowest BCUT2D eigenvalue weighted by Gasteiger charge is -2.28. The van der Waals surface area contributed by atoms with E-state index in [0.29, 0.717) is 19.4 Å². The number of aliphatic hydroxyl groups is 1. The molecule has 5 nitrogen and oxygen atoms in total. The molecule has 0 amide bonds. The first-order chi connectivity index (χ1) is 9.41. The summed E-state index contributed by atoms with van der Waals surface area (Å²) in [6.45, 7) is 7.72. The summed E-state index contributed by atoms with van der Waals surface area (Å²) in [6.07, 6.45) is 2.81. The fraction of sp³-hybridized carbons (Fsp3) is 0.905. The Morgan fingerprint density at radius 3 is 1.85 bits per heavy atom. The van der Waals surface area contributed by atoms with Crippen molar-refractivity contribution in [3.63, 3.8) is 0 Å². The van der Waals surface area contributed by atoms with Crippen LogP contribution in [0, 0.1) is 11.3 Å². The highest BCUT2D eigenvalue weighted by Crippen LogP contribution is 2.32. The van der Waals surface area contributed by atoms with Gasteiger partial charge < -0.3 is 14.6 Å². The zero-order valence-electron chi connectivity index (χ0n) is 13.1. The Morgan fingerprint density at radius 1 is 0.962 bits per heavy atom. The Balaban J connectivity index is -0.000000120. The van der Waals surface area contributed by atoms with Gasteiger partial charge in [0.25, 0.3) is 0 Å².